The number of guanidine groups is 1. The Labute approximate surface area is 156 Å². The molecule has 0 radical (unpaired) electrons. The topological polar surface area (TPSA) is 65.2 Å². The molecule has 9 heteroatoms. The molecule has 23 heavy (non-hydrogen) atoms. The van der Waals surface area contributed by atoms with Gasteiger partial charge in [0.25, 0.3) is 0 Å². The molecule has 0 aliphatic carbocycles. The van der Waals surface area contributed by atoms with E-state index < -0.39 is 0 Å². The van der Waals surface area contributed by atoms with Gasteiger partial charge in [-0.3, -0.25) is 14.2 Å². The zero-order valence-electron chi connectivity index (χ0n) is 13.2. The maximum atomic E-state index is 11.4. The molecule has 1 N–H and O–H groups in total. The highest BCUT2D eigenvalue weighted by Crippen LogP contribution is 2.11. The third-order valence-electron chi connectivity index (χ3n) is 3.81. The summed E-state index contributed by atoms with van der Waals surface area (Å²) in [5.41, 5.74) is 0.996. The number of carbonyl (C=O) groups excluding carboxylic acids is 1. The van der Waals surface area contributed by atoms with Crippen LogP contribution in [-0.2, 0) is 11.3 Å². The molecule has 0 saturated carbocycles. The maximum absolute atomic E-state index is 11.4. The van der Waals surface area contributed by atoms with Crippen LogP contribution in [0.1, 0.15) is 12.6 Å². The summed E-state index contributed by atoms with van der Waals surface area (Å²) in [5, 5.41) is 5.37. The molecular weight excluding hydrogens is 427 g/mol. The van der Waals surface area contributed by atoms with Crippen LogP contribution in [0.3, 0.4) is 0 Å². The fourth-order valence-corrected chi connectivity index (χ4v) is 3.32. The van der Waals surface area contributed by atoms with Crippen molar-refractivity contribution < 1.29 is 4.79 Å². The Balaban J connectivity index is 0.00000192. The average Bonchev–Trinajstić information content (AvgIpc) is 3.09. The maximum Gasteiger partial charge on any atom is 0.219 e. The molecule has 1 saturated heterocycles. The average molecular weight is 448 g/mol. The van der Waals surface area contributed by atoms with E-state index in [1.54, 1.807) is 25.3 Å². The van der Waals surface area contributed by atoms with E-state index in [2.05, 4.69) is 20.2 Å². The molecule has 1 aliphatic heterocycles. The lowest BCUT2D eigenvalue weighted by Gasteiger charge is -2.36. The molecule has 2 aromatic rings. The smallest absolute Gasteiger partial charge is 0.219 e. The largest absolute Gasteiger partial charge is 0.351 e. The van der Waals surface area contributed by atoms with Crippen LogP contribution in [0, 0.1) is 0 Å². The van der Waals surface area contributed by atoms with E-state index in [0.717, 1.165) is 42.8 Å². The number of aromatic nitrogens is 2. The van der Waals surface area contributed by atoms with Crippen molar-refractivity contribution in [3.8, 4) is 0 Å². The SMILES string of the molecule is CN=C(NCc1cn2ccsc2n1)N1CCN(C(C)=O)CC1.I. The lowest BCUT2D eigenvalue weighted by Crippen LogP contribution is -2.53. The molecule has 0 unspecified atom stereocenters. The van der Waals surface area contributed by atoms with E-state index in [9.17, 15) is 4.79 Å². The Hall–Kier alpha value is -1.36. The van der Waals surface area contributed by atoms with Gasteiger partial charge in [0.1, 0.15) is 0 Å². The summed E-state index contributed by atoms with van der Waals surface area (Å²) in [6.45, 7) is 5.36. The second-order valence-electron chi connectivity index (χ2n) is 5.22. The first-order chi connectivity index (χ1) is 10.7. The molecule has 0 aromatic carbocycles. The number of thiazole rings is 1. The van der Waals surface area contributed by atoms with Gasteiger partial charge < -0.3 is 15.1 Å². The predicted octanol–water partition coefficient (Wildman–Crippen LogP) is 1.25. The fraction of sp³-hybridized carbons (Fsp3) is 0.500. The Morgan fingerprint density at radius 1 is 1.35 bits per heavy atom. The lowest BCUT2D eigenvalue weighted by molar-refractivity contribution is -0.130. The van der Waals surface area contributed by atoms with E-state index in [1.165, 1.54) is 0 Å². The predicted molar refractivity (Wildman–Crippen MR) is 103 cm³/mol. The summed E-state index contributed by atoms with van der Waals surface area (Å²) < 4.78 is 2.02. The number of halogens is 1. The van der Waals surface area contributed by atoms with Crippen molar-refractivity contribution in [1.29, 1.82) is 0 Å². The minimum absolute atomic E-state index is 0. The van der Waals surface area contributed by atoms with Crippen molar-refractivity contribution in [3.63, 3.8) is 0 Å². The van der Waals surface area contributed by atoms with Gasteiger partial charge in [-0.1, -0.05) is 0 Å². The van der Waals surface area contributed by atoms with Gasteiger partial charge in [0, 0.05) is 57.9 Å². The van der Waals surface area contributed by atoms with Gasteiger partial charge in [0.2, 0.25) is 5.91 Å². The highest BCUT2D eigenvalue weighted by atomic mass is 127. The number of carbonyl (C=O) groups is 1. The summed E-state index contributed by atoms with van der Waals surface area (Å²) in [4.78, 5) is 25.3. The highest BCUT2D eigenvalue weighted by molar-refractivity contribution is 14.0. The Kier molecular flexibility index (Phi) is 6.22. The Morgan fingerprint density at radius 2 is 2.04 bits per heavy atom. The summed E-state index contributed by atoms with van der Waals surface area (Å²) in [6, 6.07) is 0. The third-order valence-corrected chi connectivity index (χ3v) is 4.58. The van der Waals surface area contributed by atoms with E-state index in [-0.39, 0.29) is 29.9 Å². The zero-order chi connectivity index (χ0) is 15.5. The normalized spacial score (nSPS) is 15.7. The number of hydrogen-bond donors (Lipinski definition) is 1. The first-order valence-corrected chi connectivity index (χ1v) is 8.17. The minimum Gasteiger partial charge on any atom is -0.351 e. The van der Waals surface area contributed by atoms with Crippen molar-refractivity contribution in [2.24, 2.45) is 4.99 Å². The van der Waals surface area contributed by atoms with Crippen LogP contribution in [-0.4, -0.2) is 64.3 Å². The second kappa shape index (κ2) is 7.95. The molecule has 3 rings (SSSR count). The number of aliphatic imine (C=N–C) groups is 1. The second-order valence-corrected chi connectivity index (χ2v) is 6.09. The first kappa shape index (κ1) is 18.0. The van der Waals surface area contributed by atoms with Crippen LogP contribution in [0.25, 0.3) is 4.96 Å². The Morgan fingerprint density at radius 3 is 2.65 bits per heavy atom. The summed E-state index contributed by atoms with van der Waals surface area (Å²) in [7, 11) is 1.78. The molecule has 1 fully saturated rings. The molecule has 3 heterocycles. The van der Waals surface area contributed by atoms with Gasteiger partial charge >= 0.3 is 0 Å². The van der Waals surface area contributed by atoms with Crippen molar-refractivity contribution in [2.75, 3.05) is 33.2 Å². The molecule has 126 valence electrons. The molecule has 2 aromatic heterocycles. The fourth-order valence-electron chi connectivity index (χ4n) is 2.60. The molecule has 7 nitrogen and oxygen atoms in total. The lowest BCUT2D eigenvalue weighted by atomic mass is 10.3. The molecule has 0 bridgehead atoms. The van der Waals surface area contributed by atoms with Crippen molar-refractivity contribution in [3.05, 3.63) is 23.5 Å². The summed E-state index contributed by atoms with van der Waals surface area (Å²) >= 11 is 1.63. The van der Waals surface area contributed by atoms with Gasteiger partial charge in [-0.05, 0) is 0 Å². The summed E-state index contributed by atoms with van der Waals surface area (Å²) in [6.07, 6.45) is 4.03. The van der Waals surface area contributed by atoms with Gasteiger partial charge in [0.15, 0.2) is 10.9 Å². The zero-order valence-corrected chi connectivity index (χ0v) is 16.4. The van der Waals surface area contributed by atoms with Crippen LogP contribution in [0.2, 0.25) is 0 Å². The van der Waals surface area contributed by atoms with Crippen molar-refractivity contribution in [2.45, 2.75) is 13.5 Å². The van der Waals surface area contributed by atoms with Gasteiger partial charge in [-0.2, -0.15) is 0 Å². The monoisotopic (exact) mass is 448 g/mol. The molecular formula is C14H21IN6OS. The van der Waals surface area contributed by atoms with Crippen molar-refractivity contribution in [1.82, 2.24) is 24.5 Å². The number of amides is 1. The van der Waals surface area contributed by atoms with Crippen molar-refractivity contribution >= 4 is 52.1 Å². The van der Waals surface area contributed by atoms with Gasteiger partial charge in [0.05, 0.1) is 12.2 Å². The van der Waals surface area contributed by atoms with Crippen LogP contribution in [0.4, 0.5) is 0 Å². The van der Waals surface area contributed by atoms with E-state index >= 15 is 0 Å². The Bertz CT molecular complexity index is 660. The third kappa shape index (κ3) is 4.14. The molecule has 0 atom stereocenters. The number of nitrogens with one attached hydrogen (secondary N) is 1. The van der Waals surface area contributed by atoms with E-state index in [0.29, 0.717) is 6.54 Å². The quantitative estimate of drug-likeness (QED) is 0.427. The number of imidazole rings is 1. The highest BCUT2D eigenvalue weighted by Gasteiger charge is 2.20. The van der Waals surface area contributed by atoms with E-state index in [1.807, 2.05) is 27.1 Å². The number of fused-ring (bicyclic) bond motifs is 1. The van der Waals surface area contributed by atoms with Gasteiger partial charge in [-0.25, -0.2) is 4.98 Å². The van der Waals surface area contributed by atoms with Crippen LogP contribution in [0.15, 0.2) is 22.8 Å². The standard InChI is InChI=1S/C14H20N6OS.HI/c1-11(21)18-3-5-19(6-4-18)13(15-2)16-9-12-10-20-7-8-22-14(20)17-12;/h7-8,10H,3-6,9H2,1-2H3,(H,15,16);1H. The number of rotatable bonds is 2. The molecule has 0 spiro atoms. The van der Waals surface area contributed by atoms with Gasteiger partial charge in [-0.15, -0.1) is 35.3 Å². The van der Waals surface area contributed by atoms with Crippen LogP contribution < -0.4 is 5.32 Å². The first-order valence-electron chi connectivity index (χ1n) is 7.29. The molecule has 1 aliphatic rings. The number of piperazine rings is 1. The molecule has 1 amide bonds. The van der Waals surface area contributed by atoms with Crippen LogP contribution >= 0.6 is 35.3 Å². The van der Waals surface area contributed by atoms with Crippen LogP contribution in [0.5, 0.6) is 0 Å². The number of nitrogens with zero attached hydrogens (tertiary/aromatic N) is 5. The van der Waals surface area contributed by atoms with E-state index in [4.69, 9.17) is 0 Å². The summed E-state index contributed by atoms with van der Waals surface area (Å²) in [5.74, 6) is 1.00. The minimum atomic E-state index is 0. The number of hydrogen-bond acceptors (Lipinski definition) is 4.